The average Bonchev–Trinajstić information content (AvgIpc) is 2.54. The Morgan fingerprint density at radius 1 is 1.38 bits per heavy atom. The standard InChI is InChI=1S/C14H18N2/c1-11-6-4-5-7-13(11)16-10-12(9-15)8-14(16,2)3/h4-7,12H,8,10H2,1-3H3. The molecule has 1 aliphatic heterocycles. The highest BCUT2D eigenvalue weighted by Crippen LogP contribution is 2.37. The lowest BCUT2D eigenvalue weighted by molar-refractivity contribution is 0.502. The topological polar surface area (TPSA) is 27.0 Å². The number of nitrogens with zero attached hydrogens (tertiary/aromatic N) is 2. The van der Waals surface area contributed by atoms with Gasteiger partial charge < -0.3 is 4.90 Å². The van der Waals surface area contributed by atoms with Crippen molar-refractivity contribution in [3.63, 3.8) is 0 Å². The summed E-state index contributed by atoms with van der Waals surface area (Å²) in [6.07, 6.45) is 0.956. The van der Waals surface area contributed by atoms with Crippen LogP contribution < -0.4 is 4.90 Å². The number of nitriles is 1. The Hall–Kier alpha value is -1.49. The maximum atomic E-state index is 9.06. The Labute approximate surface area is 97.5 Å². The van der Waals surface area contributed by atoms with Gasteiger partial charge in [-0.25, -0.2) is 0 Å². The second-order valence-electron chi connectivity index (χ2n) is 5.24. The molecule has 0 spiro atoms. The van der Waals surface area contributed by atoms with Crippen molar-refractivity contribution >= 4 is 5.69 Å². The molecule has 1 unspecified atom stereocenters. The number of para-hydroxylation sites is 1. The lowest BCUT2D eigenvalue weighted by Crippen LogP contribution is -2.38. The Balaban J connectivity index is 2.35. The van der Waals surface area contributed by atoms with Crippen LogP contribution in [0.1, 0.15) is 25.8 Å². The minimum atomic E-state index is 0.0898. The normalized spacial score (nSPS) is 23.1. The summed E-state index contributed by atoms with van der Waals surface area (Å²) >= 11 is 0. The number of rotatable bonds is 1. The Kier molecular flexibility index (Phi) is 2.63. The largest absolute Gasteiger partial charge is 0.365 e. The zero-order valence-corrected chi connectivity index (χ0v) is 10.2. The molecule has 0 amide bonds. The number of hydrogen-bond acceptors (Lipinski definition) is 2. The Morgan fingerprint density at radius 2 is 2.06 bits per heavy atom. The molecule has 1 fully saturated rings. The Morgan fingerprint density at radius 3 is 2.62 bits per heavy atom. The first kappa shape index (κ1) is 11.0. The Bertz CT molecular complexity index is 429. The first-order valence-electron chi connectivity index (χ1n) is 5.77. The summed E-state index contributed by atoms with van der Waals surface area (Å²) in [4.78, 5) is 2.37. The second kappa shape index (κ2) is 3.83. The van der Waals surface area contributed by atoms with Crippen molar-refractivity contribution < 1.29 is 0 Å². The van der Waals surface area contributed by atoms with Crippen molar-refractivity contribution in [3.05, 3.63) is 29.8 Å². The zero-order valence-electron chi connectivity index (χ0n) is 10.2. The van der Waals surface area contributed by atoms with Gasteiger partial charge in [0.15, 0.2) is 0 Å². The molecule has 0 N–H and O–H groups in total. The highest BCUT2D eigenvalue weighted by atomic mass is 15.2. The molecule has 0 saturated carbocycles. The van der Waals surface area contributed by atoms with Crippen molar-refractivity contribution in [2.75, 3.05) is 11.4 Å². The van der Waals surface area contributed by atoms with Crippen LogP contribution in [-0.4, -0.2) is 12.1 Å². The van der Waals surface area contributed by atoms with E-state index in [1.807, 2.05) is 0 Å². The van der Waals surface area contributed by atoms with Gasteiger partial charge in [-0.2, -0.15) is 5.26 Å². The molecule has 1 aliphatic rings. The first-order chi connectivity index (χ1) is 7.54. The highest BCUT2D eigenvalue weighted by molar-refractivity contribution is 5.56. The van der Waals surface area contributed by atoms with Gasteiger partial charge in [-0.3, -0.25) is 0 Å². The summed E-state index contributed by atoms with van der Waals surface area (Å²) in [5.41, 5.74) is 2.64. The first-order valence-corrected chi connectivity index (χ1v) is 5.77. The predicted octanol–water partition coefficient (Wildman–Crippen LogP) is 3.12. The lowest BCUT2D eigenvalue weighted by Gasteiger charge is -2.34. The van der Waals surface area contributed by atoms with Gasteiger partial charge in [-0.1, -0.05) is 18.2 Å². The molecule has 2 nitrogen and oxygen atoms in total. The second-order valence-corrected chi connectivity index (χ2v) is 5.24. The number of benzene rings is 1. The molecule has 16 heavy (non-hydrogen) atoms. The average molecular weight is 214 g/mol. The van der Waals surface area contributed by atoms with E-state index in [9.17, 15) is 0 Å². The van der Waals surface area contributed by atoms with Gasteiger partial charge in [0.05, 0.1) is 12.0 Å². The van der Waals surface area contributed by atoms with Crippen molar-refractivity contribution in [2.24, 2.45) is 5.92 Å². The molecular weight excluding hydrogens is 196 g/mol. The van der Waals surface area contributed by atoms with Gasteiger partial charge in [-0.05, 0) is 38.8 Å². The minimum Gasteiger partial charge on any atom is -0.365 e. The summed E-state index contributed by atoms with van der Waals surface area (Å²) < 4.78 is 0. The van der Waals surface area contributed by atoms with Crippen LogP contribution in [-0.2, 0) is 0 Å². The SMILES string of the molecule is Cc1ccccc1N1CC(C#N)CC1(C)C. The van der Waals surface area contributed by atoms with Crippen LogP contribution in [0.2, 0.25) is 0 Å². The fourth-order valence-corrected chi connectivity index (χ4v) is 2.62. The number of anilines is 1. The van der Waals surface area contributed by atoms with Gasteiger partial charge in [0.25, 0.3) is 0 Å². The van der Waals surface area contributed by atoms with Gasteiger partial charge in [0.2, 0.25) is 0 Å². The van der Waals surface area contributed by atoms with E-state index in [-0.39, 0.29) is 11.5 Å². The van der Waals surface area contributed by atoms with E-state index in [0.29, 0.717) is 0 Å². The highest BCUT2D eigenvalue weighted by Gasteiger charge is 2.38. The summed E-state index contributed by atoms with van der Waals surface area (Å²) in [6, 6.07) is 10.8. The van der Waals surface area contributed by atoms with Crippen LogP contribution in [0.5, 0.6) is 0 Å². The minimum absolute atomic E-state index is 0.0898. The van der Waals surface area contributed by atoms with Crippen LogP contribution in [0.3, 0.4) is 0 Å². The van der Waals surface area contributed by atoms with Crippen LogP contribution in [0, 0.1) is 24.2 Å². The van der Waals surface area contributed by atoms with Crippen molar-refractivity contribution in [1.82, 2.24) is 0 Å². The summed E-state index contributed by atoms with van der Waals surface area (Å²) in [6.45, 7) is 7.42. The van der Waals surface area contributed by atoms with E-state index < -0.39 is 0 Å². The molecule has 0 bridgehead atoms. The quantitative estimate of drug-likeness (QED) is 0.718. The van der Waals surface area contributed by atoms with E-state index in [0.717, 1.165) is 13.0 Å². The van der Waals surface area contributed by atoms with E-state index >= 15 is 0 Å². The monoisotopic (exact) mass is 214 g/mol. The van der Waals surface area contributed by atoms with Crippen LogP contribution in [0.25, 0.3) is 0 Å². The predicted molar refractivity (Wildman–Crippen MR) is 66.3 cm³/mol. The van der Waals surface area contributed by atoms with E-state index in [4.69, 9.17) is 5.26 Å². The maximum absolute atomic E-state index is 9.06. The van der Waals surface area contributed by atoms with Crippen molar-refractivity contribution in [2.45, 2.75) is 32.7 Å². The van der Waals surface area contributed by atoms with Gasteiger partial charge >= 0.3 is 0 Å². The molecule has 0 aromatic heterocycles. The van der Waals surface area contributed by atoms with Crippen LogP contribution in [0.15, 0.2) is 24.3 Å². The van der Waals surface area contributed by atoms with Gasteiger partial charge in [0.1, 0.15) is 0 Å². The molecule has 1 aromatic carbocycles. The fraction of sp³-hybridized carbons (Fsp3) is 0.500. The van der Waals surface area contributed by atoms with Crippen molar-refractivity contribution in [3.8, 4) is 6.07 Å². The molecule has 84 valence electrons. The lowest BCUT2D eigenvalue weighted by atomic mass is 9.97. The maximum Gasteiger partial charge on any atom is 0.0675 e. The molecule has 2 heteroatoms. The van der Waals surface area contributed by atoms with Gasteiger partial charge in [0, 0.05) is 17.8 Å². The molecule has 1 atom stereocenters. The zero-order chi connectivity index (χ0) is 11.8. The van der Waals surface area contributed by atoms with Crippen LogP contribution in [0.4, 0.5) is 5.69 Å². The number of aryl methyl sites for hydroxylation is 1. The van der Waals surface area contributed by atoms with Crippen LogP contribution >= 0.6 is 0 Å². The third-order valence-corrected chi connectivity index (χ3v) is 3.47. The van der Waals surface area contributed by atoms with E-state index in [2.05, 4.69) is 56.0 Å². The molecule has 1 heterocycles. The third kappa shape index (κ3) is 1.78. The van der Waals surface area contributed by atoms with Gasteiger partial charge in [-0.15, -0.1) is 0 Å². The van der Waals surface area contributed by atoms with E-state index in [1.54, 1.807) is 0 Å². The summed E-state index contributed by atoms with van der Waals surface area (Å²) in [5.74, 6) is 0.162. The molecule has 1 aromatic rings. The molecule has 0 aliphatic carbocycles. The van der Waals surface area contributed by atoms with Crippen molar-refractivity contribution in [1.29, 1.82) is 5.26 Å². The third-order valence-electron chi connectivity index (χ3n) is 3.47. The molecular formula is C14H18N2. The molecule has 0 radical (unpaired) electrons. The summed E-state index contributed by atoms with van der Waals surface area (Å²) in [7, 11) is 0. The summed E-state index contributed by atoms with van der Waals surface area (Å²) in [5, 5.41) is 9.06. The van der Waals surface area contributed by atoms with E-state index in [1.165, 1.54) is 11.3 Å². The fourth-order valence-electron chi connectivity index (χ4n) is 2.62. The number of hydrogen-bond donors (Lipinski definition) is 0. The smallest absolute Gasteiger partial charge is 0.0675 e. The molecule has 2 rings (SSSR count). The molecule has 1 saturated heterocycles.